The molecule has 0 radical (unpaired) electrons. The van der Waals surface area contributed by atoms with E-state index in [2.05, 4.69) is 20.8 Å². The van der Waals surface area contributed by atoms with Gasteiger partial charge < -0.3 is 14.4 Å². The van der Waals surface area contributed by atoms with Crippen molar-refractivity contribution in [3.05, 3.63) is 59.2 Å². The molecule has 0 bridgehead atoms. The van der Waals surface area contributed by atoms with Gasteiger partial charge in [-0.3, -0.25) is 0 Å². The summed E-state index contributed by atoms with van der Waals surface area (Å²) in [5.74, 6) is 0.0149. The first-order valence-corrected chi connectivity index (χ1v) is 10.3. The third-order valence-corrected chi connectivity index (χ3v) is 4.83. The Morgan fingerprint density at radius 1 is 0.900 bits per heavy atom. The smallest absolute Gasteiger partial charge is 0.415 e. The Morgan fingerprint density at radius 2 is 1.47 bits per heavy atom. The molecule has 1 amide bonds. The monoisotopic (exact) mass is 411 g/mol. The van der Waals surface area contributed by atoms with Gasteiger partial charge in [0.2, 0.25) is 0 Å². The van der Waals surface area contributed by atoms with Gasteiger partial charge in [0.15, 0.2) is 11.5 Å². The number of amides is 1. The average Bonchev–Trinajstić information content (AvgIpc) is 2.63. The fraction of sp³-hybridized carbons (Fsp3) is 0.440. The minimum Gasteiger partial charge on any atom is -0.419 e. The van der Waals surface area contributed by atoms with Crippen LogP contribution in [0.4, 0.5) is 4.79 Å². The average molecular weight is 412 g/mol. The summed E-state index contributed by atoms with van der Waals surface area (Å²) in [4.78, 5) is 27.3. The van der Waals surface area contributed by atoms with Gasteiger partial charge in [-0.25, -0.2) is 9.59 Å². The Kier molecular flexibility index (Phi) is 7.30. The molecule has 0 aliphatic carbocycles. The molecule has 5 heteroatoms. The maximum absolute atomic E-state index is 12.9. The van der Waals surface area contributed by atoms with Crippen molar-refractivity contribution in [1.82, 2.24) is 4.90 Å². The van der Waals surface area contributed by atoms with Crippen molar-refractivity contribution < 1.29 is 19.1 Å². The van der Waals surface area contributed by atoms with E-state index in [4.69, 9.17) is 9.47 Å². The van der Waals surface area contributed by atoms with Crippen LogP contribution in [-0.2, 0) is 5.41 Å². The van der Waals surface area contributed by atoms with E-state index in [1.807, 2.05) is 46.8 Å². The molecule has 0 N–H and O–H groups in total. The first-order chi connectivity index (χ1) is 13.9. The number of benzene rings is 2. The van der Waals surface area contributed by atoms with Crippen LogP contribution in [0.5, 0.6) is 11.5 Å². The summed E-state index contributed by atoms with van der Waals surface area (Å²) in [6, 6.07) is 12.5. The van der Waals surface area contributed by atoms with Gasteiger partial charge in [-0.1, -0.05) is 45.0 Å². The van der Waals surface area contributed by atoms with Crippen molar-refractivity contribution in [2.24, 2.45) is 0 Å². The highest BCUT2D eigenvalue weighted by molar-refractivity contribution is 5.91. The normalized spacial score (nSPS) is 11.5. The van der Waals surface area contributed by atoms with Gasteiger partial charge >= 0.3 is 12.1 Å². The predicted molar refractivity (Wildman–Crippen MR) is 119 cm³/mol. The van der Waals surface area contributed by atoms with E-state index in [0.717, 1.165) is 11.1 Å². The Morgan fingerprint density at radius 3 is 1.97 bits per heavy atom. The molecule has 162 valence electrons. The lowest BCUT2D eigenvalue weighted by atomic mass is 9.86. The maximum Gasteiger partial charge on any atom is 0.415 e. The van der Waals surface area contributed by atoms with Crippen molar-refractivity contribution >= 4 is 12.1 Å². The second kappa shape index (κ2) is 9.33. The van der Waals surface area contributed by atoms with Crippen LogP contribution in [0.25, 0.3) is 0 Å². The highest BCUT2D eigenvalue weighted by Gasteiger charge is 2.27. The molecule has 2 aromatic rings. The van der Waals surface area contributed by atoms with Crippen LogP contribution in [0.2, 0.25) is 0 Å². The maximum atomic E-state index is 12.9. The van der Waals surface area contributed by atoms with Gasteiger partial charge in [0, 0.05) is 12.1 Å². The molecule has 0 spiro atoms. The standard InChI is InChI=1S/C25H33NO4/c1-16(2)26(17(3)4)24(28)30-22-18(5)14-20(25(6,7)8)15-21(22)29-23(27)19-12-10-9-11-13-19/h9-17H,1-8H3. The van der Waals surface area contributed by atoms with Crippen LogP contribution in [-0.4, -0.2) is 29.0 Å². The van der Waals surface area contributed by atoms with Gasteiger partial charge in [-0.2, -0.15) is 0 Å². The molecule has 0 aromatic heterocycles. The summed E-state index contributed by atoms with van der Waals surface area (Å²) >= 11 is 0. The lowest BCUT2D eigenvalue weighted by Crippen LogP contribution is -2.43. The number of nitrogens with zero attached hydrogens (tertiary/aromatic N) is 1. The van der Waals surface area contributed by atoms with E-state index < -0.39 is 12.1 Å². The van der Waals surface area contributed by atoms with Gasteiger partial charge in [-0.05, 0) is 69.4 Å². The molecule has 30 heavy (non-hydrogen) atoms. The van der Waals surface area contributed by atoms with Gasteiger partial charge in [0.1, 0.15) is 0 Å². The van der Waals surface area contributed by atoms with E-state index in [-0.39, 0.29) is 29.0 Å². The summed E-state index contributed by atoms with van der Waals surface area (Å²) in [6.45, 7) is 15.8. The molecule has 0 aliphatic heterocycles. The highest BCUT2D eigenvalue weighted by Crippen LogP contribution is 2.37. The molecule has 5 nitrogen and oxygen atoms in total. The SMILES string of the molecule is Cc1cc(C(C)(C)C)cc(OC(=O)c2ccccc2)c1OC(=O)N(C(C)C)C(C)C. The quantitative estimate of drug-likeness (QED) is 0.439. The molecular formula is C25H33NO4. The minimum absolute atomic E-state index is 0.0260. The summed E-state index contributed by atoms with van der Waals surface area (Å²) in [5, 5.41) is 0. The minimum atomic E-state index is -0.497. The number of hydrogen-bond donors (Lipinski definition) is 0. The third kappa shape index (κ3) is 5.62. The van der Waals surface area contributed by atoms with Crippen molar-refractivity contribution in [2.45, 2.75) is 72.9 Å². The fourth-order valence-electron chi connectivity index (χ4n) is 3.27. The zero-order valence-electron chi connectivity index (χ0n) is 19.3. The Balaban J connectivity index is 2.48. The van der Waals surface area contributed by atoms with Crippen LogP contribution >= 0.6 is 0 Å². The molecule has 0 saturated heterocycles. The van der Waals surface area contributed by atoms with E-state index in [0.29, 0.717) is 5.56 Å². The largest absolute Gasteiger partial charge is 0.419 e. The zero-order chi connectivity index (χ0) is 22.6. The number of carbonyl (C=O) groups is 2. The Hall–Kier alpha value is -2.82. The van der Waals surface area contributed by atoms with Crippen LogP contribution in [0.15, 0.2) is 42.5 Å². The van der Waals surface area contributed by atoms with Crippen LogP contribution in [0.3, 0.4) is 0 Å². The Labute approximate surface area is 180 Å². The predicted octanol–water partition coefficient (Wildman–Crippen LogP) is 6.13. The van der Waals surface area contributed by atoms with Crippen LogP contribution in [0.1, 0.15) is 70.0 Å². The number of rotatable bonds is 5. The van der Waals surface area contributed by atoms with E-state index in [1.54, 1.807) is 35.2 Å². The number of hydrogen-bond acceptors (Lipinski definition) is 4. The van der Waals surface area contributed by atoms with Crippen molar-refractivity contribution in [1.29, 1.82) is 0 Å². The molecule has 0 aliphatic rings. The molecule has 2 rings (SSSR count). The molecule has 0 saturated carbocycles. The van der Waals surface area contributed by atoms with E-state index >= 15 is 0 Å². The van der Waals surface area contributed by atoms with Gasteiger partial charge in [0.25, 0.3) is 0 Å². The molecule has 0 heterocycles. The second-order valence-corrected chi connectivity index (χ2v) is 9.09. The molecule has 0 atom stereocenters. The van der Waals surface area contributed by atoms with Crippen molar-refractivity contribution in [3.63, 3.8) is 0 Å². The Bertz CT molecular complexity index is 887. The number of esters is 1. The lowest BCUT2D eigenvalue weighted by Gasteiger charge is -2.30. The molecule has 0 fully saturated rings. The first kappa shape index (κ1) is 23.5. The topological polar surface area (TPSA) is 55.8 Å². The number of carbonyl (C=O) groups excluding carboxylic acids is 2. The van der Waals surface area contributed by atoms with Crippen molar-refractivity contribution in [3.8, 4) is 11.5 Å². The summed E-state index contributed by atoms with van der Waals surface area (Å²) in [7, 11) is 0. The third-order valence-electron chi connectivity index (χ3n) is 4.83. The first-order valence-electron chi connectivity index (χ1n) is 10.3. The van der Waals surface area contributed by atoms with E-state index in [1.165, 1.54) is 0 Å². The van der Waals surface area contributed by atoms with Gasteiger partial charge in [-0.15, -0.1) is 0 Å². The fourth-order valence-corrected chi connectivity index (χ4v) is 3.27. The zero-order valence-corrected chi connectivity index (χ0v) is 19.3. The molecular weight excluding hydrogens is 378 g/mol. The summed E-state index contributed by atoms with van der Waals surface area (Å²) in [5.41, 5.74) is 1.99. The van der Waals surface area contributed by atoms with Crippen LogP contribution < -0.4 is 9.47 Å². The molecule has 0 unspecified atom stereocenters. The lowest BCUT2D eigenvalue weighted by molar-refractivity contribution is 0.0723. The van der Waals surface area contributed by atoms with Crippen molar-refractivity contribution in [2.75, 3.05) is 0 Å². The summed E-state index contributed by atoms with van der Waals surface area (Å²) < 4.78 is 11.5. The molecule has 2 aromatic carbocycles. The van der Waals surface area contributed by atoms with E-state index in [9.17, 15) is 9.59 Å². The summed E-state index contributed by atoms with van der Waals surface area (Å²) in [6.07, 6.45) is -0.469. The van der Waals surface area contributed by atoms with Gasteiger partial charge in [0.05, 0.1) is 5.56 Å². The number of ether oxygens (including phenoxy) is 2. The highest BCUT2D eigenvalue weighted by atomic mass is 16.6. The van der Waals surface area contributed by atoms with Crippen LogP contribution in [0, 0.1) is 6.92 Å². The number of aryl methyl sites for hydroxylation is 1. The second-order valence-electron chi connectivity index (χ2n) is 9.09.